The molecule has 208 valence electrons. The third kappa shape index (κ3) is 6.82. The van der Waals surface area contributed by atoms with E-state index in [-0.39, 0.29) is 15.4 Å². The molecule has 0 saturated heterocycles. The smallest absolute Gasteiger partial charge is 0.262 e. The number of hydrogen-bond acceptors (Lipinski definition) is 5. The lowest BCUT2D eigenvalue weighted by atomic mass is 10.1. The number of sulfonamides is 2. The molecule has 0 aromatic heterocycles. The first-order valence-electron chi connectivity index (χ1n) is 12.2. The average molecular weight is 598 g/mol. The van der Waals surface area contributed by atoms with Crippen LogP contribution < -0.4 is 14.8 Å². The zero-order valence-electron chi connectivity index (χ0n) is 22.2. The molecule has 0 aliphatic heterocycles. The number of anilines is 3. The Kier molecular flexibility index (Phi) is 8.25. The first-order chi connectivity index (χ1) is 18.7. The first-order valence-corrected chi connectivity index (χ1v) is 15.5. The molecule has 0 aliphatic carbocycles. The van der Waals surface area contributed by atoms with E-state index in [1.807, 2.05) is 19.9 Å². The SMILES string of the molecule is Cc1cc(C)cc(NS(=O)(=O)c2cc(C(=O)Nc3ccc(S(=O)(=O)Nc4cc(Cl)ccc4C)cc3)ccc2C)c1. The number of hydrogen-bond donors (Lipinski definition) is 3. The van der Waals surface area contributed by atoms with E-state index in [9.17, 15) is 21.6 Å². The van der Waals surface area contributed by atoms with Crippen molar-refractivity contribution in [2.75, 3.05) is 14.8 Å². The molecule has 0 radical (unpaired) electrons. The van der Waals surface area contributed by atoms with Gasteiger partial charge in [0.25, 0.3) is 26.0 Å². The molecule has 4 rings (SSSR count). The Labute approximate surface area is 239 Å². The molecular formula is C29H28ClN3O5S2. The summed E-state index contributed by atoms with van der Waals surface area (Å²) in [5, 5.41) is 3.08. The van der Waals surface area contributed by atoms with Crippen LogP contribution in [0, 0.1) is 27.7 Å². The van der Waals surface area contributed by atoms with E-state index < -0.39 is 26.0 Å². The van der Waals surface area contributed by atoms with E-state index in [4.69, 9.17) is 11.6 Å². The second-order valence-corrected chi connectivity index (χ2v) is 13.3. The number of rotatable bonds is 8. The number of halogens is 1. The highest BCUT2D eigenvalue weighted by Gasteiger charge is 2.20. The molecule has 1 amide bonds. The molecule has 0 spiro atoms. The fourth-order valence-corrected chi connectivity index (χ4v) is 6.71. The number of nitrogens with one attached hydrogen (secondary N) is 3. The number of carbonyl (C=O) groups excluding carboxylic acids is 1. The largest absolute Gasteiger partial charge is 0.322 e. The Balaban J connectivity index is 1.51. The zero-order valence-corrected chi connectivity index (χ0v) is 24.6. The Hall–Kier alpha value is -3.86. The summed E-state index contributed by atoms with van der Waals surface area (Å²) in [6.07, 6.45) is 0. The van der Waals surface area contributed by atoms with Crippen molar-refractivity contribution in [2.45, 2.75) is 37.5 Å². The van der Waals surface area contributed by atoms with Crippen LogP contribution >= 0.6 is 11.6 Å². The highest BCUT2D eigenvalue weighted by molar-refractivity contribution is 7.93. The van der Waals surface area contributed by atoms with Gasteiger partial charge in [0.2, 0.25) is 0 Å². The molecular weight excluding hydrogens is 570 g/mol. The minimum Gasteiger partial charge on any atom is -0.322 e. The van der Waals surface area contributed by atoms with Gasteiger partial charge in [-0.15, -0.1) is 0 Å². The van der Waals surface area contributed by atoms with Gasteiger partial charge in [0.15, 0.2) is 0 Å². The van der Waals surface area contributed by atoms with Gasteiger partial charge in [-0.05, 0) is 111 Å². The Bertz CT molecular complexity index is 1800. The highest BCUT2D eigenvalue weighted by Crippen LogP contribution is 2.25. The summed E-state index contributed by atoms with van der Waals surface area (Å²) in [7, 11) is -7.88. The summed E-state index contributed by atoms with van der Waals surface area (Å²) < 4.78 is 57.1. The van der Waals surface area contributed by atoms with Gasteiger partial charge in [-0.3, -0.25) is 14.2 Å². The predicted molar refractivity (Wildman–Crippen MR) is 159 cm³/mol. The van der Waals surface area contributed by atoms with Gasteiger partial charge in [0, 0.05) is 22.0 Å². The summed E-state index contributed by atoms with van der Waals surface area (Å²) in [4.78, 5) is 12.9. The molecule has 0 atom stereocenters. The van der Waals surface area contributed by atoms with E-state index in [0.717, 1.165) is 11.1 Å². The minimum absolute atomic E-state index is 0.00829. The van der Waals surface area contributed by atoms with Crippen molar-refractivity contribution < 1.29 is 21.6 Å². The lowest BCUT2D eigenvalue weighted by Crippen LogP contribution is -2.17. The summed E-state index contributed by atoms with van der Waals surface area (Å²) in [6.45, 7) is 7.16. The lowest BCUT2D eigenvalue weighted by Gasteiger charge is -2.14. The fraction of sp³-hybridized carbons (Fsp3) is 0.138. The molecule has 0 saturated carbocycles. The molecule has 4 aromatic rings. The van der Waals surface area contributed by atoms with Crippen molar-refractivity contribution in [3.05, 3.63) is 112 Å². The molecule has 40 heavy (non-hydrogen) atoms. The summed E-state index contributed by atoms with van der Waals surface area (Å²) >= 11 is 5.99. The molecule has 3 N–H and O–H groups in total. The normalized spacial score (nSPS) is 11.6. The van der Waals surface area contributed by atoms with E-state index in [1.54, 1.807) is 44.2 Å². The second-order valence-electron chi connectivity index (χ2n) is 9.51. The van der Waals surface area contributed by atoms with Crippen LogP contribution in [0.3, 0.4) is 0 Å². The summed E-state index contributed by atoms with van der Waals surface area (Å²) in [5.74, 6) is -0.550. The number of benzene rings is 4. The van der Waals surface area contributed by atoms with E-state index >= 15 is 0 Å². The van der Waals surface area contributed by atoms with Crippen LogP contribution in [0.25, 0.3) is 0 Å². The Morgan fingerprint density at radius 1 is 0.650 bits per heavy atom. The van der Waals surface area contributed by atoms with Crippen LogP contribution in [-0.4, -0.2) is 22.7 Å². The maximum atomic E-state index is 13.2. The Morgan fingerprint density at radius 3 is 1.93 bits per heavy atom. The third-order valence-electron chi connectivity index (χ3n) is 6.08. The van der Waals surface area contributed by atoms with Crippen LogP contribution in [0.1, 0.15) is 32.6 Å². The van der Waals surface area contributed by atoms with Crippen molar-refractivity contribution in [3.63, 3.8) is 0 Å². The van der Waals surface area contributed by atoms with Gasteiger partial charge in [-0.1, -0.05) is 29.8 Å². The van der Waals surface area contributed by atoms with Crippen molar-refractivity contribution in [3.8, 4) is 0 Å². The Morgan fingerprint density at radius 2 is 1.27 bits per heavy atom. The average Bonchev–Trinajstić information content (AvgIpc) is 2.85. The van der Waals surface area contributed by atoms with Crippen molar-refractivity contribution >= 4 is 54.6 Å². The minimum atomic E-state index is -3.97. The van der Waals surface area contributed by atoms with Crippen LogP contribution in [0.15, 0.2) is 88.7 Å². The molecule has 0 fully saturated rings. The molecule has 0 aliphatic rings. The number of aryl methyl sites for hydroxylation is 4. The van der Waals surface area contributed by atoms with Crippen molar-refractivity contribution in [1.29, 1.82) is 0 Å². The maximum Gasteiger partial charge on any atom is 0.262 e. The zero-order chi connectivity index (χ0) is 29.2. The maximum absolute atomic E-state index is 13.2. The third-order valence-corrected chi connectivity index (χ3v) is 9.22. The van der Waals surface area contributed by atoms with Crippen LogP contribution in [0.2, 0.25) is 5.02 Å². The highest BCUT2D eigenvalue weighted by atomic mass is 35.5. The van der Waals surface area contributed by atoms with Gasteiger partial charge in [0.05, 0.1) is 15.5 Å². The molecule has 11 heteroatoms. The van der Waals surface area contributed by atoms with E-state index in [0.29, 0.717) is 33.2 Å². The van der Waals surface area contributed by atoms with Crippen molar-refractivity contribution in [1.82, 2.24) is 0 Å². The predicted octanol–water partition coefficient (Wildman–Crippen LogP) is 6.43. The van der Waals surface area contributed by atoms with Gasteiger partial charge < -0.3 is 5.32 Å². The van der Waals surface area contributed by atoms with Crippen LogP contribution in [0.4, 0.5) is 17.1 Å². The quantitative estimate of drug-likeness (QED) is 0.216. The van der Waals surface area contributed by atoms with Gasteiger partial charge in [-0.2, -0.15) is 0 Å². The number of carbonyl (C=O) groups is 1. The molecule has 0 bridgehead atoms. The van der Waals surface area contributed by atoms with Crippen LogP contribution in [-0.2, 0) is 20.0 Å². The first kappa shape index (κ1) is 29.1. The standard InChI is InChI=1S/C29H28ClN3O5S2/c1-18-13-19(2)15-25(14-18)32-40(37,38)28-16-22(7-5-21(28)4)29(34)31-24-9-11-26(12-10-24)39(35,36)33-27-17-23(30)8-6-20(27)3/h5-17,32-33H,1-4H3,(H,31,34). The summed E-state index contributed by atoms with van der Waals surface area (Å²) in [6, 6.07) is 20.3. The monoisotopic (exact) mass is 597 g/mol. The van der Waals surface area contributed by atoms with E-state index in [2.05, 4.69) is 14.8 Å². The van der Waals surface area contributed by atoms with Gasteiger partial charge >= 0.3 is 0 Å². The molecule has 0 unspecified atom stereocenters. The number of amides is 1. The summed E-state index contributed by atoms with van der Waals surface area (Å²) in [5.41, 5.74) is 4.27. The van der Waals surface area contributed by atoms with Crippen LogP contribution in [0.5, 0.6) is 0 Å². The fourth-order valence-electron chi connectivity index (χ4n) is 4.10. The second kappa shape index (κ2) is 11.3. The van der Waals surface area contributed by atoms with E-state index in [1.165, 1.54) is 42.5 Å². The molecule has 4 aromatic carbocycles. The van der Waals surface area contributed by atoms with Crippen molar-refractivity contribution in [2.24, 2.45) is 0 Å². The topological polar surface area (TPSA) is 121 Å². The lowest BCUT2D eigenvalue weighted by molar-refractivity contribution is 0.102. The van der Waals surface area contributed by atoms with Gasteiger partial charge in [-0.25, -0.2) is 16.8 Å². The molecule has 8 nitrogen and oxygen atoms in total. The van der Waals surface area contributed by atoms with Gasteiger partial charge in [0.1, 0.15) is 0 Å². The molecule has 0 heterocycles.